The van der Waals surface area contributed by atoms with E-state index in [2.05, 4.69) is 41.8 Å². The number of rotatable bonds is 0. The molecule has 0 aromatic carbocycles. The molecule has 0 aliphatic carbocycles. The fourth-order valence-electron chi connectivity index (χ4n) is 2.95. The molecule has 0 fully saturated rings. The number of aromatic nitrogens is 5. The van der Waals surface area contributed by atoms with E-state index in [4.69, 9.17) is 0 Å². The minimum Gasteiger partial charge on any atom is -0.264 e. The van der Waals surface area contributed by atoms with Crippen LogP contribution in [-0.4, -0.2) is 18.8 Å². The van der Waals surface area contributed by atoms with Crippen LogP contribution in [0.4, 0.5) is 0 Å². The molecule has 5 heterocycles. The highest BCUT2D eigenvalue weighted by Crippen LogP contribution is 2.27. The maximum absolute atomic E-state index is 4.39. The first-order valence-corrected chi connectivity index (χ1v) is 6.22. The highest BCUT2D eigenvalue weighted by molar-refractivity contribution is 5.65. The first-order chi connectivity index (χ1) is 9.42. The van der Waals surface area contributed by atoms with Crippen LogP contribution in [0.3, 0.4) is 0 Å². The number of pyridine rings is 1. The number of imidazole rings is 2. The summed E-state index contributed by atoms with van der Waals surface area (Å²) >= 11 is 0. The highest BCUT2D eigenvalue weighted by Gasteiger charge is 2.31. The zero-order chi connectivity index (χ0) is 12.4. The van der Waals surface area contributed by atoms with Crippen LogP contribution >= 0.6 is 0 Å². The predicted octanol–water partition coefficient (Wildman–Crippen LogP) is 1.30. The van der Waals surface area contributed by atoms with Crippen molar-refractivity contribution in [2.75, 3.05) is 0 Å². The number of hydrogen-bond donors (Lipinski definition) is 0. The van der Waals surface area contributed by atoms with Gasteiger partial charge in [-0.1, -0.05) is 0 Å². The largest absolute Gasteiger partial charge is 0.297 e. The van der Waals surface area contributed by atoms with Gasteiger partial charge in [0.1, 0.15) is 12.7 Å². The summed E-state index contributed by atoms with van der Waals surface area (Å²) in [5.74, 6) is 1.18. The summed E-state index contributed by atoms with van der Waals surface area (Å²) in [7, 11) is 0. The van der Waals surface area contributed by atoms with Crippen LogP contribution in [0.25, 0.3) is 22.7 Å². The standard InChI is InChI=1S/C14H10N5/c1-3-16-12-8-19-13(18(12)5-1)9-17-7-10-2-4-15-6-11(10)14(17)19/h1-6,8-9H,7H2/q+1. The molecule has 0 spiro atoms. The second kappa shape index (κ2) is 3.00. The lowest BCUT2D eigenvalue weighted by Gasteiger charge is -1.91. The van der Waals surface area contributed by atoms with E-state index in [0.29, 0.717) is 0 Å². The Morgan fingerprint density at radius 1 is 1.21 bits per heavy atom. The summed E-state index contributed by atoms with van der Waals surface area (Å²) in [5.41, 5.74) is 4.62. The van der Waals surface area contributed by atoms with Crippen LogP contribution in [0, 0.1) is 0 Å². The number of hydrogen-bond acceptors (Lipinski definition) is 2. The molecule has 5 nitrogen and oxygen atoms in total. The molecule has 90 valence electrons. The Labute approximate surface area is 108 Å². The summed E-state index contributed by atoms with van der Waals surface area (Å²) in [6.07, 6.45) is 11.9. The molecule has 0 bridgehead atoms. The van der Waals surface area contributed by atoms with Crippen molar-refractivity contribution in [1.82, 2.24) is 18.8 Å². The second-order valence-electron chi connectivity index (χ2n) is 4.82. The maximum Gasteiger partial charge on any atom is 0.297 e. The van der Waals surface area contributed by atoms with E-state index < -0.39 is 0 Å². The molecule has 0 unspecified atom stereocenters. The fourth-order valence-corrected chi connectivity index (χ4v) is 2.95. The molecule has 5 rings (SSSR count). The van der Waals surface area contributed by atoms with Crippen LogP contribution in [0.5, 0.6) is 0 Å². The Bertz CT molecular complexity index is 947. The zero-order valence-corrected chi connectivity index (χ0v) is 10.1. The topological polar surface area (TPSA) is 38.5 Å². The van der Waals surface area contributed by atoms with Gasteiger partial charge in [0.25, 0.3) is 11.5 Å². The van der Waals surface area contributed by atoms with Crippen molar-refractivity contribution >= 4 is 11.3 Å². The molecule has 0 N–H and O–H groups in total. The first kappa shape index (κ1) is 9.27. The molecule has 0 amide bonds. The zero-order valence-electron chi connectivity index (χ0n) is 10.1. The lowest BCUT2D eigenvalue weighted by molar-refractivity contribution is -0.670. The molecule has 0 radical (unpaired) electrons. The minimum atomic E-state index is 0.914. The van der Waals surface area contributed by atoms with Gasteiger partial charge in [-0.25, -0.2) is 9.55 Å². The van der Waals surface area contributed by atoms with E-state index in [1.807, 2.05) is 30.9 Å². The molecule has 1 aliphatic heterocycles. The fraction of sp³-hybridized carbons (Fsp3) is 0.0714. The van der Waals surface area contributed by atoms with Crippen LogP contribution in [-0.2, 0) is 6.54 Å². The molecule has 1 aliphatic rings. The van der Waals surface area contributed by atoms with Crippen molar-refractivity contribution in [1.29, 1.82) is 0 Å². The third-order valence-corrected chi connectivity index (χ3v) is 3.78. The molecule has 5 heteroatoms. The smallest absolute Gasteiger partial charge is 0.264 e. The third kappa shape index (κ3) is 1.03. The van der Waals surface area contributed by atoms with Crippen LogP contribution in [0.2, 0.25) is 0 Å². The Balaban J connectivity index is 1.97. The van der Waals surface area contributed by atoms with Gasteiger partial charge in [0.2, 0.25) is 0 Å². The third-order valence-electron chi connectivity index (χ3n) is 3.78. The average Bonchev–Trinajstić information content (AvgIpc) is 3.05. The number of nitrogens with zero attached hydrogens (tertiary/aromatic N) is 5. The molecule has 0 saturated carbocycles. The second-order valence-corrected chi connectivity index (χ2v) is 4.82. The SMILES string of the molecule is c1cnc2cn3c4[n+](cc3n2c1)Cc1ccncc1-4. The van der Waals surface area contributed by atoms with Gasteiger partial charge in [-0.3, -0.25) is 9.38 Å². The molecular weight excluding hydrogens is 238 g/mol. The Morgan fingerprint density at radius 3 is 3.21 bits per heavy atom. The lowest BCUT2D eigenvalue weighted by atomic mass is 10.2. The Morgan fingerprint density at radius 2 is 2.21 bits per heavy atom. The van der Waals surface area contributed by atoms with Crippen molar-refractivity contribution in [2.45, 2.75) is 6.54 Å². The van der Waals surface area contributed by atoms with Gasteiger partial charge < -0.3 is 0 Å². The van der Waals surface area contributed by atoms with Crippen molar-refractivity contribution in [3.8, 4) is 11.4 Å². The van der Waals surface area contributed by atoms with Crippen molar-refractivity contribution in [3.63, 3.8) is 0 Å². The van der Waals surface area contributed by atoms with Gasteiger partial charge in [-0.15, -0.1) is 0 Å². The highest BCUT2D eigenvalue weighted by atomic mass is 15.2. The summed E-state index contributed by atoms with van der Waals surface area (Å²) in [6.45, 7) is 0.914. The summed E-state index contributed by atoms with van der Waals surface area (Å²) < 4.78 is 6.55. The molecule has 0 saturated heterocycles. The monoisotopic (exact) mass is 248 g/mol. The van der Waals surface area contributed by atoms with Gasteiger partial charge in [0.05, 0.1) is 5.56 Å². The predicted molar refractivity (Wildman–Crippen MR) is 68.7 cm³/mol. The van der Waals surface area contributed by atoms with Crippen LogP contribution in [0.15, 0.2) is 49.3 Å². The maximum atomic E-state index is 4.39. The van der Waals surface area contributed by atoms with Gasteiger partial charge in [-0.05, 0) is 12.1 Å². The van der Waals surface area contributed by atoms with Crippen LogP contribution < -0.4 is 4.57 Å². The molecule has 0 atom stereocenters. The molecule has 4 aromatic heterocycles. The quantitative estimate of drug-likeness (QED) is 0.387. The Kier molecular flexibility index (Phi) is 1.46. The number of fused-ring (bicyclic) bond motifs is 7. The average molecular weight is 248 g/mol. The van der Waals surface area contributed by atoms with Crippen molar-refractivity contribution in [3.05, 3.63) is 54.9 Å². The van der Waals surface area contributed by atoms with E-state index >= 15 is 0 Å². The van der Waals surface area contributed by atoms with E-state index in [0.717, 1.165) is 17.8 Å². The summed E-state index contributed by atoms with van der Waals surface area (Å²) in [4.78, 5) is 8.64. The first-order valence-electron chi connectivity index (χ1n) is 6.22. The van der Waals surface area contributed by atoms with E-state index in [9.17, 15) is 0 Å². The van der Waals surface area contributed by atoms with Gasteiger partial charge in [0.15, 0.2) is 11.8 Å². The van der Waals surface area contributed by atoms with E-state index in [-0.39, 0.29) is 0 Å². The van der Waals surface area contributed by atoms with Crippen molar-refractivity contribution < 1.29 is 4.57 Å². The normalized spacial score (nSPS) is 13.1. The van der Waals surface area contributed by atoms with Crippen molar-refractivity contribution in [2.24, 2.45) is 0 Å². The van der Waals surface area contributed by atoms with Gasteiger partial charge in [0, 0.05) is 30.4 Å². The van der Waals surface area contributed by atoms with Crippen LogP contribution in [0.1, 0.15) is 5.56 Å². The molecule has 4 aromatic rings. The molecular formula is C14H10N5+. The Hall–Kier alpha value is -2.69. The summed E-state index contributed by atoms with van der Waals surface area (Å²) in [5, 5.41) is 0. The van der Waals surface area contributed by atoms with E-state index in [1.165, 1.54) is 17.0 Å². The lowest BCUT2D eigenvalue weighted by Crippen LogP contribution is -2.29. The summed E-state index contributed by atoms with van der Waals surface area (Å²) in [6, 6.07) is 4.04. The van der Waals surface area contributed by atoms with Gasteiger partial charge >= 0.3 is 0 Å². The minimum absolute atomic E-state index is 0.914. The van der Waals surface area contributed by atoms with Gasteiger partial charge in [-0.2, -0.15) is 4.40 Å². The van der Waals surface area contributed by atoms with E-state index in [1.54, 1.807) is 0 Å². The molecule has 19 heavy (non-hydrogen) atoms.